The summed E-state index contributed by atoms with van der Waals surface area (Å²) < 4.78 is 78.1. The number of carbonyl (C=O) groups is 1. The van der Waals surface area contributed by atoms with Crippen LogP contribution in [-0.4, -0.2) is 31.8 Å². The first kappa shape index (κ1) is 25.9. The fourth-order valence-electron chi connectivity index (χ4n) is 3.32. The number of amides is 1. The number of halogens is 6. The Morgan fingerprint density at radius 3 is 1.97 bits per heavy atom. The summed E-state index contributed by atoms with van der Waals surface area (Å²) in [6.07, 6.45) is -4.18. The van der Waals surface area contributed by atoms with Crippen LogP contribution in [0.4, 0.5) is 26.3 Å². The molecule has 0 saturated heterocycles. The van der Waals surface area contributed by atoms with Crippen LogP contribution in [0.1, 0.15) is 29.2 Å². The van der Waals surface area contributed by atoms with Gasteiger partial charge in [0.25, 0.3) is 0 Å². The van der Waals surface area contributed by atoms with Gasteiger partial charge in [-0.2, -0.15) is 31.4 Å². The van der Waals surface area contributed by atoms with Crippen LogP contribution in [0.15, 0.2) is 67.3 Å². The molecule has 12 heteroatoms. The monoisotopic (exact) mass is 498 g/mol. The number of carbonyl (C=O) groups excluding carboxylic acids is 1. The second-order valence-corrected chi connectivity index (χ2v) is 7.78. The lowest BCUT2D eigenvalue weighted by Gasteiger charge is -2.35. The highest BCUT2D eigenvalue weighted by Gasteiger charge is 2.39. The number of rotatable bonds is 7. The van der Waals surface area contributed by atoms with Crippen molar-refractivity contribution in [1.82, 2.24) is 20.1 Å². The van der Waals surface area contributed by atoms with Crippen LogP contribution in [0.2, 0.25) is 0 Å². The standard InChI is InChI=1S/C23H20F6N4O2/c1-15(32-20(34)11-4-16-2-5-18(6-3-16)22(24,25)26)21(35,12-33-14-30-13-31-33)17-7-9-19(10-8-17)23(27,28)29/h2-11,13-15,35H,12H2,1H3,(H,32,34)/b11-4+/t15-,21-/m1/s1. The van der Waals surface area contributed by atoms with E-state index in [1.165, 1.54) is 42.5 Å². The third-order valence-corrected chi connectivity index (χ3v) is 5.32. The normalized spacial score (nSPS) is 15.1. The van der Waals surface area contributed by atoms with Gasteiger partial charge in [0.2, 0.25) is 5.91 Å². The van der Waals surface area contributed by atoms with E-state index >= 15 is 0 Å². The molecule has 0 spiro atoms. The lowest BCUT2D eigenvalue weighted by Crippen LogP contribution is -2.51. The Hall–Kier alpha value is -3.67. The molecule has 3 rings (SSSR count). The number of hydrogen-bond donors (Lipinski definition) is 2. The molecule has 6 nitrogen and oxygen atoms in total. The van der Waals surface area contributed by atoms with Crippen molar-refractivity contribution in [3.05, 3.63) is 89.5 Å². The predicted octanol–water partition coefficient (Wildman–Crippen LogP) is 4.42. The van der Waals surface area contributed by atoms with Crippen LogP contribution >= 0.6 is 0 Å². The van der Waals surface area contributed by atoms with Gasteiger partial charge in [-0.3, -0.25) is 4.79 Å². The lowest BCUT2D eigenvalue weighted by molar-refractivity contribution is -0.138. The number of nitrogens with one attached hydrogen (secondary N) is 1. The maximum Gasteiger partial charge on any atom is 0.416 e. The molecule has 3 aromatic rings. The van der Waals surface area contributed by atoms with Crippen molar-refractivity contribution in [3.8, 4) is 0 Å². The van der Waals surface area contributed by atoms with E-state index in [1.54, 1.807) is 0 Å². The average Bonchev–Trinajstić information content (AvgIpc) is 3.29. The zero-order chi connectivity index (χ0) is 25.9. The summed E-state index contributed by atoms with van der Waals surface area (Å²) >= 11 is 0. The number of aromatic nitrogens is 3. The smallest absolute Gasteiger partial charge is 0.381 e. The molecule has 1 amide bonds. The van der Waals surface area contributed by atoms with Crippen molar-refractivity contribution in [2.45, 2.75) is 37.5 Å². The molecule has 0 saturated carbocycles. The molecule has 1 aromatic heterocycles. The van der Waals surface area contributed by atoms with Crippen molar-refractivity contribution in [2.24, 2.45) is 0 Å². The third kappa shape index (κ3) is 6.47. The molecule has 0 unspecified atom stereocenters. The number of nitrogens with zero attached hydrogens (tertiary/aromatic N) is 3. The highest BCUT2D eigenvalue weighted by Crippen LogP contribution is 2.33. The molecule has 1 heterocycles. The van der Waals surface area contributed by atoms with Crippen molar-refractivity contribution in [1.29, 1.82) is 0 Å². The second kappa shape index (κ2) is 9.90. The summed E-state index contributed by atoms with van der Waals surface area (Å²) in [6.45, 7) is 1.22. The molecule has 0 aliphatic carbocycles. The second-order valence-electron chi connectivity index (χ2n) is 7.78. The van der Waals surface area contributed by atoms with Gasteiger partial charge in [-0.15, -0.1) is 0 Å². The van der Waals surface area contributed by atoms with Gasteiger partial charge < -0.3 is 10.4 Å². The molecule has 2 aromatic carbocycles. The highest BCUT2D eigenvalue weighted by molar-refractivity contribution is 5.92. The minimum Gasteiger partial charge on any atom is -0.381 e. The van der Waals surface area contributed by atoms with Gasteiger partial charge in [0, 0.05) is 6.08 Å². The molecule has 2 N–H and O–H groups in total. The van der Waals surface area contributed by atoms with E-state index in [-0.39, 0.29) is 12.1 Å². The molecule has 0 aliphatic heterocycles. The number of benzene rings is 2. The van der Waals surface area contributed by atoms with Gasteiger partial charge in [-0.05, 0) is 48.4 Å². The van der Waals surface area contributed by atoms with Crippen molar-refractivity contribution < 1.29 is 36.2 Å². The molecule has 0 aliphatic rings. The molecule has 0 bridgehead atoms. The maximum atomic E-state index is 13.0. The first-order valence-electron chi connectivity index (χ1n) is 10.2. The van der Waals surface area contributed by atoms with Crippen LogP contribution in [0.25, 0.3) is 6.08 Å². The number of alkyl halides is 6. The van der Waals surface area contributed by atoms with Crippen LogP contribution in [0.3, 0.4) is 0 Å². The first-order valence-corrected chi connectivity index (χ1v) is 10.2. The Morgan fingerprint density at radius 1 is 0.971 bits per heavy atom. The fourth-order valence-corrected chi connectivity index (χ4v) is 3.32. The number of hydrogen-bond acceptors (Lipinski definition) is 4. The van der Waals surface area contributed by atoms with Gasteiger partial charge in [0.1, 0.15) is 18.3 Å². The Bertz CT molecular complexity index is 1160. The molecule has 35 heavy (non-hydrogen) atoms. The summed E-state index contributed by atoms with van der Waals surface area (Å²) in [4.78, 5) is 16.2. The van der Waals surface area contributed by atoms with Crippen LogP contribution in [0, 0.1) is 0 Å². The first-order chi connectivity index (χ1) is 16.3. The van der Waals surface area contributed by atoms with Gasteiger partial charge in [-0.1, -0.05) is 24.3 Å². The van der Waals surface area contributed by atoms with Gasteiger partial charge in [0.05, 0.1) is 23.7 Å². The molecule has 2 atom stereocenters. The van der Waals surface area contributed by atoms with Crippen molar-refractivity contribution >= 4 is 12.0 Å². The van der Waals surface area contributed by atoms with E-state index in [1.807, 2.05) is 0 Å². The molecular formula is C23H20F6N4O2. The number of aliphatic hydroxyl groups is 1. The summed E-state index contributed by atoms with van der Waals surface area (Å²) in [5, 5.41) is 17.9. The summed E-state index contributed by atoms with van der Waals surface area (Å²) in [7, 11) is 0. The van der Waals surface area contributed by atoms with E-state index < -0.39 is 41.0 Å². The average molecular weight is 498 g/mol. The van der Waals surface area contributed by atoms with Gasteiger partial charge in [0.15, 0.2) is 0 Å². The van der Waals surface area contributed by atoms with Crippen LogP contribution in [0.5, 0.6) is 0 Å². The third-order valence-electron chi connectivity index (χ3n) is 5.32. The fraction of sp³-hybridized carbons (Fsp3) is 0.261. The quantitative estimate of drug-likeness (QED) is 0.374. The zero-order valence-electron chi connectivity index (χ0n) is 18.2. The molecule has 186 valence electrons. The SMILES string of the molecule is C[C@@H](NC(=O)/C=C/c1ccc(C(F)(F)F)cc1)[C@](O)(Cn1cncn1)c1ccc(C(F)(F)F)cc1. The van der Waals surface area contributed by atoms with Crippen LogP contribution in [-0.2, 0) is 29.3 Å². The van der Waals surface area contributed by atoms with E-state index in [0.29, 0.717) is 5.56 Å². The minimum atomic E-state index is -4.56. The molecule has 0 fully saturated rings. The summed E-state index contributed by atoms with van der Waals surface area (Å²) in [5.74, 6) is -0.679. The topological polar surface area (TPSA) is 80.0 Å². The lowest BCUT2D eigenvalue weighted by atomic mass is 9.86. The Morgan fingerprint density at radius 2 is 1.49 bits per heavy atom. The zero-order valence-corrected chi connectivity index (χ0v) is 18.2. The predicted molar refractivity (Wildman–Crippen MR) is 113 cm³/mol. The minimum absolute atomic E-state index is 0.0977. The van der Waals surface area contributed by atoms with Crippen molar-refractivity contribution in [3.63, 3.8) is 0 Å². The summed E-state index contributed by atoms with van der Waals surface area (Å²) in [6, 6.07) is 6.98. The van der Waals surface area contributed by atoms with Crippen LogP contribution < -0.4 is 5.32 Å². The molecule has 0 radical (unpaired) electrons. The van der Waals surface area contributed by atoms with Crippen molar-refractivity contribution in [2.75, 3.05) is 0 Å². The van der Waals surface area contributed by atoms with E-state index in [9.17, 15) is 36.2 Å². The van der Waals surface area contributed by atoms with E-state index in [2.05, 4.69) is 15.4 Å². The largest absolute Gasteiger partial charge is 0.416 e. The van der Waals surface area contributed by atoms with Gasteiger partial charge in [-0.25, -0.2) is 9.67 Å². The van der Waals surface area contributed by atoms with E-state index in [4.69, 9.17) is 0 Å². The van der Waals surface area contributed by atoms with E-state index in [0.717, 1.165) is 42.5 Å². The van der Waals surface area contributed by atoms with Gasteiger partial charge >= 0.3 is 12.4 Å². The molecular weight excluding hydrogens is 478 g/mol. The Kier molecular flexibility index (Phi) is 7.34. The Balaban J connectivity index is 1.79. The highest BCUT2D eigenvalue weighted by atomic mass is 19.4. The Labute approximate surface area is 195 Å². The summed E-state index contributed by atoms with van der Waals surface area (Å²) in [5.41, 5.74) is -3.18. The maximum absolute atomic E-state index is 13.0.